The highest BCUT2D eigenvalue weighted by atomic mass is 16.4. The number of pyridine rings is 1. The van der Waals surface area contributed by atoms with Gasteiger partial charge in [0.2, 0.25) is 11.9 Å². The van der Waals surface area contributed by atoms with Crippen LogP contribution in [0.3, 0.4) is 0 Å². The summed E-state index contributed by atoms with van der Waals surface area (Å²) in [5, 5.41) is 11.9. The second-order valence-corrected chi connectivity index (χ2v) is 5.81. The minimum Gasteiger partial charge on any atom is -0.477 e. The summed E-state index contributed by atoms with van der Waals surface area (Å²) in [4.78, 5) is 39.5. The van der Waals surface area contributed by atoms with Crippen molar-refractivity contribution < 1.29 is 14.7 Å². The molecule has 2 N–H and O–H groups in total. The Bertz CT molecular complexity index is 762. The maximum Gasteiger partial charge on any atom is 0.354 e. The third-order valence-corrected chi connectivity index (χ3v) is 4.08. The summed E-state index contributed by atoms with van der Waals surface area (Å²) in [6, 6.07) is 6.49. The van der Waals surface area contributed by atoms with Crippen molar-refractivity contribution in [2.24, 2.45) is 0 Å². The molecule has 0 bridgehead atoms. The molecule has 9 nitrogen and oxygen atoms in total. The summed E-state index contributed by atoms with van der Waals surface area (Å²) in [6.45, 7) is 3.06. The number of aromatic nitrogens is 3. The van der Waals surface area contributed by atoms with Crippen molar-refractivity contribution in [2.75, 3.05) is 42.9 Å². The lowest BCUT2D eigenvalue weighted by atomic mass is 10.2. The lowest BCUT2D eigenvalue weighted by molar-refractivity contribution is -0.131. The molecule has 136 valence electrons. The van der Waals surface area contributed by atoms with E-state index in [2.05, 4.69) is 25.2 Å². The first kappa shape index (κ1) is 17.6. The highest BCUT2D eigenvalue weighted by molar-refractivity contribution is 5.85. The molecule has 0 aromatic carbocycles. The van der Waals surface area contributed by atoms with Crippen LogP contribution in [0.2, 0.25) is 0 Å². The smallest absolute Gasteiger partial charge is 0.354 e. The number of amides is 1. The zero-order valence-corrected chi connectivity index (χ0v) is 14.2. The van der Waals surface area contributed by atoms with Crippen molar-refractivity contribution in [1.82, 2.24) is 19.9 Å². The number of aromatic carboxylic acids is 1. The van der Waals surface area contributed by atoms with Crippen molar-refractivity contribution in [1.29, 1.82) is 0 Å². The number of hydrogen-bond acceptors (Lipinski definition) is 7. The maximum atomic E-state index is 12.3. The SMILES string of the molecule is O=C(O)c1cccc(NCCC(=O)N2CCN(c3ncccn3)CC2)n1. The molecule has 0 aliphatic carbocycles. The molecule has 0 spiro atoms. The third kappa shape index (κ3) is 4.44. The number of anilines is 2. The average Bonchev–Trinajstić information content (AvgIpc) is 2.69. The van der Waals surface area contributed by atoms with E-state index in [9.17, 15) is 9.59 Å². The first-order chi connectivity index (χ1) is 12.6. The van der Waals surface area contributed by atoms with E-state index in [4.69, 9.17) is 5.11 Å². The van der Waals surface area contributed by atoms with Crippen molar-refractivity contribution in [3.05, 3.63) is 42.4 Å². The molecule has 1 aliphatic heterocycles. The van der Waals surface area contributed by atoms with Crippen molar-refractivity contribution in [2.45, 2.75) is 6.42 Å². The summed E-state index contributed by atoms with van der Waals surface area (Å²) in [5.41, 5.74) is -0.0272. The zero-order chi connectivity index (χ0) is 18.4. The summed E-state index contributed by atoms with van der Waals surface area (Å²) < 4.78 is 0. The van der Waals surface area contributed by atoms with E-state index in [1.807, 2.05) is 4.90 Å². The fourth-order valence-corrected chi connectivity index (χ4v) is 2.72. The summed E-state index contributed by atoms with van der Waals surface area (Å²) in [6.07, 6.45) is 3.73. The van der Waals surface area contributed by atoms with E-state index >= 15 is 0 Å². The first-order valence-electron chi connectivity index (χ1n) is 8.37. The standard InChI is InChI=1S/C17H20N6O3/c24-15(5-8-18-14-4-1-3-13(21-14)16(25)26)22-9-11-23(12-10-22)17-19-6-2-7-20-17/h1-4,6-7H,5,8-12H2,(H,18,21)(H,25,26). The second kappa shape index (κ2) is 8.24. The monoisotopic (exact) mass is 356 g/mol. The Morgan fingerprint density at radius 1 is 1.08 bits per heavy atom. The summed E-state index contributed by atoms with van der Waals surface area (Å²) in [5.74, 6) is 0.111. The number of carboxylic acid groups (broad SMARTS) is 1. The van der Waals surface area contributed by atoms with E-state index < -0.39 is 5.97 Å². The fourth-order valence-electron chi connectivity index (χ4n) is 2.72. The fraction of sp³-hybridized carbons (Fsp3) is 0.353. The number of rotatable bonds is 6. The predicted molar refractivity (Wildman–Crippen MR) is 95.1 cm³/mol. The van der Waals surface area contributed by atoms with E-state index in [1.165, 1.54) is 6.07 Å². The second-order valence-electron chi connectivity index (χ2n) is 5.81. The molecule has 2 aromatic rings. The predicted octanol–water partition coefficient (Wildman–Crippen LogP) is 0.721. The minimum absolute atomic E-state index is 0.0272. The Morgan fingerprint density at radius 2 is 1.81 bits per heavy atom. The number of nitrogens with one attached hydrogen (secondary N) is 1. The number of piperazine rings is 1. The molecule has 0 unspecified atom stereocenters. The van der Waals surface area contributed by atoms with Crippen molar-refractivity contribution in [3.8, 4) is 0 Å². The highest BCUT2D eigenvalue weighted by Gasteiger charge is 2.22. The van der Waals surface area contributed by atoms with Crippen molar-refractivity contribution in [3.63, 3.8) is 0 Å². The molecule has 0 atom stereocenters. The van der Waals surface area contributed by atoms with Gasteiger partial charge in [-0.1, -0.05) is 6.07 Å². The van der Waals surface area contributed by atoms with Crippen LogP contribution in [-0.4, -0.2) is 69.6 Å². The number of carbonyl (C=O) groups is 2. The minimum atomic E-state index is -1.08. The molecule has 9 heteroatoms. The summed E-state index contributed by atoms with van der Waals surface area (Å²) >= 11 is 0. The molecule has 3 heterocycles. The van der Waals surface area contributed by atoms with Crippen molar-refractivity contribution >= 4 is 23.6 Å². The number of nitrogens with zero attached hydrogens (tertiary/aromatic N) is 5. The van der Waals surface area contributed by atoms with Gasteiger partial charge in [0.15, 0.2) is 5.69 Å². The Labute approximate surface area is 150 Å². The van der Waals surface area contributed by atoms with Crippen LogP contribution in [0.4, 0.5) is 11.8 Å². The number of carboxylic acids is 1. The van der Waals surface area contributed by atoms with E-state index in [0.717, 1.165) is 0 Å². The van der Waals surface area contributed by atoms with E-state index in [0.29, 0.717) is 50.9 Å². The molecule has 0 saturated carbocycles. The van der Waals surface area contributed by atoms with Crippen LogP contribution in [0.15, 0.2) is 36.7 Å². The molecule has 1 fully saturated rings. The topological polar surface area (TPSA) is 112 Å². The van der Waals surface area contributed by atoms with Gasteiger partial charge in [-0.05, 0) is 18.2 Å². The van der Waals surface area contributed by atoms with Gasteiger partial charge < -0.3 is 20.2 Å². The number of carbonyl (C=O) groups excluding carboxylic acids is 1. The van der Waals surface area contributed by atoms with Gasteiger partial charge in [0.25, 0.3) is 0 Å². The van der Waals surface area contributed by atoms with Crippen LogP contribution in [0.25, 0.3) is 0 Å². The quantitative estimate of drug-likeness (QED) is 0.779. The first-order valence-corrected chi connectivity index (χ1v) is 8.37. The molecule has 26 heavy (non-hydrogen) atoms. The molecule has 3 rings (SSSR count). The van der Waals surface area contributed by atoms with Gasteiger partial charge >= 0.3 is 5.97 Å². The lowest BCUT2D eigenvalue weighted by Gasteiger charge is -2.34. The van der Waals surface area contributed by atoms with Gasteiger partial charge in [-0.2, -0.15) is 0 Å². The molecular weight excluding hydrogens is 336 g/mol. The molecular formula is C17H20N6O3. The van der Waals surface area contributed by atoms with Crippen LogP contribution in [-0.2, 0) is 4.79 Å². The highest BCUT2D eigenvalue weighted by Crippen LogP contribution is 2.11. The van der Waals surface area contributed by atoms with Crippen LogP contribution in [0.5, 0.6) is 0 Å². The van der Waals surface area contributed by atoms with E-state index in [-0.39, 0.29) is 11.6 Å². The molecule has 1 amide bonds. The van der Waals surface area contributed by atoms with Crippen LogP contribution in [0, 0.1) is 0 Å². The molecule has 2 aromatic heterocycles. The molecule has 1 saturated heterocycles. The molecule has 0 radical (unpaired) electrons. The van der Waals surface area contributed by atoms with Crippen LogP contribution < -0.4 is 10.2 Å². The summed E-state index contributed by atoms with van der Waals surface area (Å²) in [7, 11) is 0. The number of hydrogen-bond donors (Lipinski definition) is 2. The van der Waals surface area contributed by atoms with E-state index in [1.54, 1.807) is 30.6 Å². The van der Waals surface area contributed by atoms with Crippen LogP contribution >= 0.6 is 0 Å². The van der Waals surface area contributed by atoms with Gasteiger partial charge in [0, 0.05) is 51.5 Å². The van der Waals surface area contributed by atoms with Gasteiger partial charge in [0.05, 0.1) is 0 Å². The van der Waals surface area contributed by atoms with Gasteiger partial charge in [-0.15, -0.1) is 0 Å². The van der Waals surface area contributed by atoms with Crippen LogP contribution in [0.1, 0.15) is 16.9 Å². The van der Waals surface area contributed by atoms with Gasteiger partial charge in [-0.25, -0.2) is 19.7 Å². The maximum absolute atomic E-state index is 12.3. The normalized spacial score (nSPS) is 14.2. The average molecular weight is 356 g/mol. The molecule has 1 aliphatic rings. The Balaban J connectivity index is 1.43. The lowest BCUT2D eigenvalue weighted by Crippen LogP contribution is -2.49. The Kier molecular flexibility index (Phi) is 5.57. The largest absolute Gasteiger partial charge is 0.477 e. The van der Waals surface area contributed by atoms with Gasteiger partial charge in [-0.3, -0.25) is 4.79 Å². The third-order valence-electron chi connectivity index (χ3n) is 4.08. The Morgan fingerprint density at radius 3 is 2.50 bits per heavy atom. The van der Waals surface area contributed by atoms with Gasteiger partial charge in [0.1, 0.15) is 5.82 Å². The zero-order valence-electron chi connectivity index (χ0n) is 14.2. The Hall–Kier alpha value is -3.23.